The van der Waals surface area contributed by atoms with Gasteiger partial charge in [-0.2, -0.15) is 13.2 Å². The van der Waals surface area contributed by atoms with Gasteiger partial charge in [-0.1, -0.05) is 11.6 Å². The zero-order valence-electron chi connectivity index (χ0n) is 17.9. The van der Waals surface area contributed by atoms with Crippen LogP contribution in [-0.2, 0) is 20.9 Å². The highest BCUT2D eigenvalue weighted by atomic mass is 35.5. The molecule has 2 heterocycles. The molecule has 0 aromatic heterocycles. The molecular weight excluding hydrogens is 469 g/mol. The fourth-order valence-corrected chi connectivity index (χ4v) is 5.75. The van der Waals surface area contributed by atoms with Crippen LogP contribution >= 0.6 is 11.6 Å². The first-order valence-electron chi connectivity index (χ1n) is 10.7. The molecule has 1 aromatic rings. The number of nitrogens with one attached hydrogen (secondary N) is 1. The van der Waals surface area contributed by atoms with Gasteiger partial charge >= 0.3 is 6.18 Å². The third-order valence-corrected chi connectivity index (χ3v) is 8.50. The van der Waals surface area contributed by atoms with Crippen LogP contribution in [0.1, 0.15) is 54.9 Å². The summed E-state index contributed by atoms with van der Waals surface area (Å²) in [6.07, 6.45) is -1.28. The van der Waals surface area contributed by atoms with Crippen LogP contribution in [0.5, 0.6) is 0 Å². The molecule has 0 aliphatic carbocycles. The fraction of sp³-hybridized carbons (Fsp3) is 0.667. The Bertz CT molecular complexity index is 925. The van der Waals surface area contributed by atoms with Gasteiger partial charge in [-0.05, 0) is 62.6 Å². The Morgan fingerprint density at radius 1 is 1.31 bits per heavy atom. The maximum absolute atomic E-state index is 13.4. The molecule has 2 fully saturated rings. The van der Waals surface area contributed by atoms with Crippen molar-refractivity contribution < 1.29 is 31.1 Å². The molecular formula is C21H28ClF3N2O4S. The second-order valence-electron chi connectivity index (χ2n) is 8.51. The Morgan fingerprint density at radius 2 is 2.00 bits per heavy atom. The second kappa shape index (κ2) is 9.87. The predicted octanol–water partition coefficient (Wildman–Crippen LogP) is 4.09. The number of rotatable bonds is 7. The van der Waals surface area contributed by atoms with Gasteiger partial charge in [-0.15, -0.1) is 0 Å². The van der Waals surface area contributed by atoms with E-state index in [1.807, 2.05) is 0 Å². The van der Waals surface area contributed by atoms with Crippen molar-refractivity contribution in [2.45, 2.75) is 51.3 Å². The maximum Gasteiger partial charge on any atom is 0.417 e. The second-order valence-corrected chi connectivity index (χ2v) is 11.2. The van der Waals surface area contributed by atoms with Crippen molar-refractivity contribution in [3.63, 3.8) is 0 Å². The molecule has 6 nitrogen and oxygen atoms in total. The highest BCUT2D eigenvalue weighted by molar-refractivity contribution is 7.89. The first-order valence-corrected chi connectivity index (χ1v) is 12.7. The largest absolute Gasteiger partial charge is 0.417 e. The lowest BCUT2D eigenvalue weighted by Crippen LogP contribution is -2.49. The van der Waals surface area contributed by atoms with Crippen molar-refractivity contribution in [3.05, 3.63) is 34.3 Å². The van der Waals surface area contributed by atoms with Crippen LogP contribution in [0.25, 0.3) is 0 Å². The summed E-state index contributed by atoms with van der Waals surface area (Å²) in [4.78, 5) is 12.7. The predicted molar refractivity (Wildman–Crippen MR) is 115 cm³/mol. The van der Waals surface area contributed by atoms with Crippen LogP contribution in [0.3, 0.4) is 0 Å². The Morgan fingerprint density at radius 3 is 2.56 bits per heavy atom. The lowest BCUT2D eigenvalue weighted by molar-refractivity contribution is -0.137. The lowest BCUT2D eigenvalue weighted by atomic mass is 9.74. The van der Waals surface area contributed by atoms with E-state index in [9.17, 15) is 26.4 Å². The quantitative estimate of drug-likeness (QED) is 0.617. The van der Waals surface area contributed by atoms with Gasteiger partial charge in [-0.25, -0.2) is 12.7 Å². The minimum absolute atomic E-state index is 0.00232. The van der Waals surface area contributed by atoms with Crippen molar-refractivity contribution in [1.82, 2.24) is 9.62 Å². The number of amides is 1. The monoisotopic (exact) mass is 496 g/mol. The molecule has 1 unspecified atom stereocenters. The molecule has 32 heavy (non-hydrogen) atoms. The molecule has 0 saturated carbocycles. The molecule has 11 heteroatoms. The molecule has 1 aromatic carbocycles. The number of hydrogen-bond acceptors (Lipinski definition) is 4. The summed E-state index contributed by atoms with van der Waals surface area (Å²) in [7, 11) is -3.32. The zero-order valence-corrected chi connectivity index (χ0v) is 19.5. The molecule has 0 spiro atoms. The van der Waals surface area contributed by atoms with Crippen molar-refractivity contribution in [2.24, 2.45) is 5.41 Å². The van der Waals surface area contributed by atoms with Gasteiger partial charge in [-0.3, -0.25) is 4.79 Å². The van der Waals surface area contributed by atoms with Crippen LogP contribution in [0.15, 0.2) is 18.2 Å². The van der Waals surface area contributed by atoms with Crippen LogP contribution in [0, 0.1) is 5.41 Å². The number of hydrogen-bond donors (Lipinski definition) is 1. The first kappa shape index (κ1) is 25.3. The van der Waals surface area contributed by atoms with Crippen molar-refractivity contribution in [2.75, 3.05) is 32.0 Å². The number of ether oxygens (including phenoxy) is 1. The zero-order chi connectivity index (χ0) is 23.6. The molecule has 2 aliphatic heterocycles. The minimum Gasteiger partial charge on any atom is -0.378 e. The van der Waals surface area contributed by atoms with E-state index in [2.05, 4.69) is 5.32 Å². The Balaban J connectivity index is 1.76. The van der Waals surface area contributed by atoms with Crippen molar-refractivity contribution in [3.8, 4) is 0 Å². The number of alkyl halides is 3. The molecule has 1 N–H and O–H groups in total. The summed E-state index contributed by atoms with van der Waals surface area (Å²) in [6, 6.07) is 3.07. The Hall–Kier alpha value is -1.36. The molecule has 0 radical (unpaired) electrons. The fourth-order valence-electron chi connectivity index (χ4n) is 4.47. The maximum atomic E-state index is 13.4. The lowest BCUT2D eigenvalue weighted by Gasteiger charge is -2.42. The topological polar surface area (TPSA) is 75.7 Å². The standard InChI is InChI=1S/C21H28ClF3N2O4S/c1-2-32(29,30)27-9-7-20(8-10-27,13-16-4-3-11-31-16)14-26-19(28)17-6-5-15(22)12-18(17)21(23,24)25/h5-6,12,16H,2-4,7-11,13-14H2,1H3,(H,26,28). The highest BCUT2D eigenvalue weighted by Crippen LogP contribution is 2.39. The van der Waals surface area contributed by atoms with Crippen molar-refractivity contribution >= 4 is 27.5 Å². The number of halogens is 4. The van der Waals surface area contributed by atoms with Crippen molar-refractivity contribution in [1.29, 1.82) is 0 Å². The van der Waals surface area contributed by atoms with E-state index < -0.39 is 38.6 Å². The van der Waals surface area contributed by atoms with E-state index in [4.69, 9.17) is 16.3 Å². The number of carbonyl (C=O) groups is 1. The molecule has 1 atom stereocenters. The summed E-state index contributed by atoms with van der Waals surface area (Å²) in [5.74, 6) is -0.816. The summed E-state index contributed by atoms with van der Waals surface area (Å²) < 4.78 is 71.9. The normalized spacial score (nSPS) is 22.1. The van der Waals surface area contributed by atoms with Crippen LogP contribution in [0.4, 0.5) is 13.2 Å². The SMILES string of the molecule is CCS(=O)(=O)N1CCC(CNC(=O)c2ccc(Cl)cc2C(F)(F)F)(CC2CCCO2)CC1. The average molecular weight is 497 g/mol. The van der Waals surface area contributed by atoms with E-state index in [0.717, 1.165) is 25.0 Å². The number of nitrogens with zero attached hydrogens (tertiary/aromatic N) is 1. The van der Waals surface area contributed by atoms with E-state index in [1.54, 1.807) is 6.92 Å². The van der Waals surface area contributed by atoms with Gasteiger partial charge in [0, 0.05) is 31.3 Å². The van der Waals surface area contributed by atoms with Gasteiger partial charge in [0.25, 0.3) is 5.91 Å². The van der Waals surface area contributed by atoms with E-state index in [0.29, 0.717) is 39.0 Å². The number of sulfonamides is 1. The number of benzene rings is 1. The van der Waals surface area contributed by atoms with Gasteiger partial charge in [0.1, 0.15) is 0 Å². The summed E-state index contributed by atoms with van der Waals surface area (Å²) >= 11 is 5.71. The molecule has 1 amide bonds. The van der Waals surface area contributed by atoms with E-state index in [1.165, 1.54) is 10.4 Å². The first-order chi connectivity index (χ1) is 15.0. The third kappa shape index (κ3) is 5.95. The summed E-state index contributed by atoms with van der Waals surface area (Å²) in [6.45, 7) is 3.02. The van der Waals surface area contributed by atoms with Crippen LogP contribution < -0.4 is 5.32 Å². The molecule has 180 valence electrons. The van der Waals surface area contributed by atoms with Crippen LogP contribution in [-0.4, -0.2) is 56.7 Å². The Kier molecular flexibility index (Phi) is 7.79. The van der Waals surface area contributed by atoms with Crippen LogP contribution in [0.2, 0.25) is 5.02 Å². The molecule has 0 bridgehead atoms. The minimum atomic E-state index is -4.72. The van der Waals surface area contributed by atoms with Gasteiger partial charge in [0.15, 0.2) is 0 Å². The highest BCUT2D eigenvalue weighted by Gasteiger charge is 2.41. The van der Waals surface area contributed by atoms with Gasteiger partial charge < -0.3 is 10.1 Å². The summed E-state index contributed by atoms with van der Waals surface area (Å²) in [5.41, 5.74) is -2.02. The van der Waals surface area contributed by atoms with Gasteiger partial charge in [0.2, 0.25) is 10.0 Å². The smallest absolute Gasteiger partial charge is 0.378 e. The molecule has 3 rings (SSSR count). The third-order valence-electron chi connectivity index (χ3n) is 6.38. The molecule has 2 saturated heterocycles. The van der Waals surface area contributed by atoms with E-state index in [-0.39, 0.29) is 23.4 Å². The molecule has 2 aliphatic rings. The Labute approximate surface area is 191 Å². The van der Waals surface area contributed by atoms with Gasteiger partial charge in [0.05, 0.1) is 23.0 Å². The number of piperidine rings is 1. The van der Waals surface area contributed by atoms with E-state index >= 15 is 0 Å². The summed E-state index contributed by atoms with van der Waals surface area (Å²) in [5, 5.41) is 2.57. The number of carbonyl (C=O) groups excluding carboxylic acids is 1. The average Bonchev–Trinajstić information content (AvgIpc) is 3.24.